The molecule has 0 aliphatic carbocycles. The van der Waals surface area contributed by atoms with E-state index in [2.05, 4.69) is 4.98 Å². The second kappa shape index (κ2) is 4.80. The van der Waals surface area contributed by atoms with Crippen molar-refractivity contribution in [1.29, 1.82) is 0 Å². The molecule has 0 radical (unpaired) electrons. The van der Waals surface area contributed by atoms with Gasteiger partial charge in [-0.05, 0) is 44.2 Å². The number of hydrogen-bond donors (Lipinski definition) is 0. The van der Waals surface area contributed by atoms with Gasteiger partial charge in [-0.1, -0.05) is 17.7 Å². The number of imidazole rings is 1. The Morgan fingerprint density at radius 1 is 1.15 bits per heavy atom. The molecule has 0 saturated carbocycles. The van der Waals surface area contributed by atoms with Crippen LogP contribution in [-0.2, 0) is 0 Å². The SMILES string of the molecule is CC(C)n1c(=O)n(-c2ccccn2)c2cc(Cl)ccc21. The second-order valence-corrected chi connectivity index (χ2v) is 5.34. The summed E-state index contributed by atoms with van der Waals surface area (Å²) in [7, 11) is 0. The first-order chi connectivity index (χ1) is 9.59. The van der Waals surface area contributed by atoms with E-state index >= 15 is 0 Å². The van der Waals surface area contributed by atoms with E-state index in [4.69, 9.17) is 11.6 Å². The third kappa shape index (κ3) is 1.93. The number of rotatable bonds is 2. The molecule has 0 N–H and O–H groups in total. The molecular formula is C15H14ClN3O. The number of aromatic nitrogens is 3. The van der Waals surface area contributed by atoms with Gasteiger partial charge < -0.3 is 0 Å². The van der Waals surface area contributed by atoms with E-state index in [1.807, 2.05) is 38.1 Å². The van der Waals surface area contributed by atoms with Gasteiger partial charge in [0.2, 0.25) is 0 Å². The van der Waals surface area contributed by atoms with Crippen molar-refractivity contribution < 1.29 is 0 Å². The maximum absolute atomic E-state index is 12.7. The minimum Gasteiger partial charge on any atom is -0.289 e. The number of nitrogens with zero attached hydrogens (tertiary/aromatic N) is 3. The molecule has 0 aliphatic rings. The highest BCUT2D eigenvalue weighted by atomic mass is 35.5. The van der Waals surface area contributed by atoms with E-state index in [9.17, 15) is 4.79 Å². The van der Waals surface area contributed by atoms with Crippen molar-refractivity contribution >= 4 is 22.6 Å². The van der Waals surface area contributed by atoms with Crippen LogP contribution in [-0.4, -0.2) is 14.1 Å². The predicted octanol–water partition coefficient (Wildman–Crippen LogP) is 3.42. The molecule has 0 unspecified atom stereocenters. The van der Waals surface area contributed by atoms with Gasteiger partial charge in [0, 0.05) is 17.3 Å². The average Bonchev–Trinajstić information content (AvgIpc) is 2.71. The fourth-order valence-corrected chi connectivity index (χ4v) is 2.57. The molecule has 0 fully saturated rings. The number of hydrogen-bond acceptors (Lipinski definition) is 2. The minimum absolute atomic E-state index is 0.0659. The summed E-state index contributed by atoms with van der Waals surface area (Å²) in [5.74, 6) is 0.601. The Morgan fingerprint density at radius 3 is 2.60 bits per heavy atom. The van der Waals surface area contributed by atoms with Crippen LogP contribution in [0.2, 0.25) is 5.02 Å². The summed E-state index contributed by atoms with van der Waals surface area (Å²) >= 11 is 6.07. The zero-order valence-electron chi connectivity index (χ0n) is 11.2. The molecule has 5 heteroatoms. The summed E-state index contributed by atoms with van der Waals surface area (Å²) < 4.78 is 3.35. The lowest BCUT2D eigenvalue weighted by Crippen LogP contribution is -2.25. The van der Waals surface area contributed by atoms with Crippen molar-refractivity contribution in [2.45, 2.75) is 19.9 Å². The summed E-state index contributed by atoms with van der Waals surface area (Å²) in [5.41, 5.74) is 1.53. The number of halogens is 1. The highest BCUT2D eigenvalue weighted by Gasteiger charge is 2.17. The predicted molar refractivity (Wildman–Crippen MR) is 80.7 cm³/mol. The first-order valence-corrected chi connectivity index (χ1v) is 6.81. The molecule has 0 amide bonds. The van der Waals surface area contributed by atoms with Crippen LogP contribution in [0.25, 0.3) is 16.9 Å². The first kappa shape index (κ1) is 12.9. The van der Waals surface area contributed by atoms with Crippen molar-refractivity contribution in [3.8, 4) is 5.82 Å². The minimum atomic E-state index is -0.101. The van der Waals surface area contributed by atoms with Crippen molar-refractivity contribution in [2.24, 2.45) is 0 Å². The van der Waals surface area contributed by atoms with Crippen LogP contribution in [0.3, 0.4) is 0 Å². The molecule has 2 heterocycles. The van der Waals surface area contributed by atoms with E-state index in [1.165, 1.54) is 0 Å². The Hall–Kier alpha value is -2.07. The van der Waals surface area contributed by atoms with Gasteiger partial charge in [0.1, 0.15) is 5.82 Å². The van der Waals surface area contributed by atoms with Crippen molar-refractivity contribution in [3.63, 3.8) is 0 Å². The van der Waals surface area contributed by atoms with E-state index in [0.717, 1.165) is 11.0 Å². The topological polar surface area (TPSA) is 39.8 Å². The Labute approximate surface area is 121 Å². The quantitative estimate of drug-likeness (QED) is 0.724. The van der Waals surface area contributed by atoms with Gasteiger partial charge in [0.15, 0.2) is 0 Å². The molecule has 0 spiro atoms. The van der Waals surface area contributed by atoms with Crippen molar-refractivity contribution in [2.75, 3.05) is 0 Å². The molecule has 2 aromatic heterocycles. The van der Waals surface area contributed by atoms with Gasteiger partial charge in [-0.25, -0.2) is 14.3 Å². The molecule has 20 heavy (non-hydrogen) atoms. The standard InChI is InChI=1S/C15H14ClN3O/c1-10(2)18-12-7-6-11(16)9-13(12)19(15(18)20)14-5-3-4-8-17-14/h3-10H,1-2H3. The van der Waals surface area contributed by atoms with Crippen LogP contribution in [0.5, 0.6) is 0 Å². The molecule has 0 aliphatic heterocycles. The Bertz CT molecular complexity index is 818. The summed E-state index contributed by atoms with van der Waals surface area (Å²) in [4.78, 5) is 17.0. The molecule has 3 rings (SSSR count). The molecule has 0 saturated heterocycles. The summed E-state index contributed by atoms with van der Waals surface area (Å²) in [6.45, 7) is 3.97. The summed E-state index contributed by atoms with van der Waals surface area (Å²) in [5, 5.41) is 0.600. The fraction of sp³-hybridized carbons (Fsp3) is 0.200. The van der Waals surface area contributed by atoms with Gasteiger partial charge >= 0.3 is 5.69 Å². The summed E-state index contributed by atoms with van der Waals surface area (Å²) in [6.07, 6.45) is 1.67. The lowest BCUT2D eigenvalue weighted by atomic mass is 10.3. The fourth-order valence-electron chi connectivity index (χ4n) is 2.40. The van der Waals surface area contributed by atoms with Crippen LogP contribution in [0, 0.1) is 0 Å². The molecular weight excluding hydrogens is 274 g/mol. The zero-order chi connectivity index (χ0) is 14.3. The molecule has 0 bridgehead atoms. The molecule has 102 valence electrons. The smallest absolute Gasteiger partial charge is 0.289 e. The number of benzene rings is 1. The monoisotopic (exact) mass is 287 g/mol. The van der Waals surface area contributed by atoms with Crippen LogP contribution in [0.1, 0.15) is 19.9 Å². The van der Waals surface area contributed by atoms with Crippen molar-refractivity contribution in [3.05, 3.63) is 58.1 Å². The average molecular weight is 288 g/mol. The van der Waals surface area contributed by atoms with Crippen LogP contribution >= 0.6 is 11.6 Å². The van der Waals surface area contributed by atoms with Gasteiger partial charge in [0.05, 0.1) is 11.0 Å². The summed E-state index contributed by atoms with van der Waals surface area (Å²) in [6, 6.07) is 11.0. The van der Waals surface area contributed by atoms with E-state index in [-0.39, 0.29) is 11.7 Å². The molecule has 4 nitrogen and oxygen atoms in total. The highest BCUT2D eigenvalue weighted by molar-refractivity contribution is 6.31. The number of pyridine rings is 1. The third-order valence-corrected chi connectivity index (χ3v) is 3.47. The number of fused-ring (bicyclic) bond motifs is 1. The van der Waals surface area contributed by atoms with Crippen LogP contribution in [0.4, 0.5) is 0 Å². The van der Waals surface area contributed by atoms with Crippen LogP contribution < -0.4 is 5.69 Å². The Morgan fingerprint density at radius 2 is 1.95 bits per heavy atom. The first-order valence-electron chi connectivity index (χ1n) is 6.43. The van der Waals surface area contributed by atoms with Gasteiger partial charge in [-0.15, -0.1) is 0 Å². The maximum atomic E-state index is 12.7. The lowest BCUT2D eigenvalue weighted by Gasteiger charge is -2.06. The highest BCUT2D eigenvalue weighted by Crippen LogP contribution is 2.23. The molecule has 0 atom stereocenters. The van der Waals surface area contributed by atoms with Gasteiger partial charge in [-0.3, -0.25) is 4.57 Å². The maximum Gasteiger partial charge on any atom is 0.335 e. The van der Waals surface area contributed by atoms with E-state index < -0.39 is 0 Å². The van der Waals surface area contributed by atoms with E-state index in [1.54, 1.807) is 27.5 Å². The van der Waals surface area contributed by atoms with Gasteiger partial charge in [-0.2, -0.15) is 0 Å². The van der Waals surface area contributed by atoms with Crippen LogP contribution in [0.15, 0.2) is 47.4 Å². The largest absolute Gasteiger partial charge is 0.335 e. The Kier molecular flexibility index (Phi) is 3.10. The normalized spacial score (nSPS) is 11.4. The lowest BCUT2D eigenvalue weighted by molar-refractivity contribution is 0.589. The molecule has 3 aromatic rings. The van der Waals surface area contributed by atoms with Crippen molar-refractivity contribution in [1.82, 2.24) is 14.1 Å². The van der Waals surface area contributed by atoms with E-state index in [0.29, 0.717) is 10.8 Å². The molecule has 1 aromatic carbocycles. The second-order valence-electron chi connectivity index (χ2n) is 4.90. The van der Waals surface area contributed by atoms with Gasteiger partial charge in [0.25, 0.3) is 0 Å². The zero-order valence-corrected chi connectivity index (χ0v) is 12.0. The third-order valence-electron chi connectivity index (χ3n) is 3.23. The Balaban J connectivity index is 2.45.